The molecule has 26 heavy (non-hydrogen) atoms. The predicted octanol–water partition coefficient (Wildman–Crippen LogP) is 1.49. The fourth-order valence-electron chi connectivity index (χ4n) is 3.14. The summed E-state index contributed by atoms with van der Waals surface area (Å²) in [5, 5.41) is 3.01. The lowest BCUT2D eigenvalue weighted by molar-refractivity contribution is -0.121. The molecule has 0 aliphatic heterocycles. The number of rotatable bonds is 7. The molecule has 0 spiro atoms. The molecule has 134 valence electrons. The van der Waals surface area contributed by atoms with Crippen LogP contribution < -0.4 is 16.8 Å². The van der Waals surface area contributed by atoms with Crippen molar-refractivity contribution in [3.8, 4) is 0 Å². The number of aryl methyl sites for hydroxylation is 1. The molecule has 1 fully saturated rings. The second-order valence-corrected chi connectivity index (χ2v) is 6.53. The largest absolute Gasteiger partial charge is 0.366 e. The van der Waals surface area contributed by atoms with Crippen molar-refractivity contribution in [3.63, 3.8) is 0 Å². The van der Waals surface area contributed by atoms with Crippen LogP contribution >= 0.6 is 0 Å². The summed E-state index contributed by atoms with van der Waals surface area (Å²) >= 11 is 0. The van der Waals surface area contributed by atoms with E-state index < -0.39 is 11.8 Å². The summed E-state index contributed by atoms with van der Waals surface area (Å²) in [4.78, 5) is 35.1. The van der Waals surface area contributed by atoms with Gasteiger partial charge in [0.15, 0.2) is 0 Å². The number of benzene rings is 2. The molecule has 1 aliphatic rings. The van der Waals surface area contributed by atoms with Gasteiger partial charge in [-0.2, -0.15) is 0 Å². The smallest absolute Gasteiger partial charge is 0.248 e. The first-order valence-electron chi connectivity index (χ1n) is 8.52. The molecule has 2 aromatic carbocycles. The van der Waals surface area contributed by atoms with E-state index in [1.807, 2.05) is 18.2 Å². The Bertz CT molecular complexity index is 849. The van der Waals surface area contributed by atoms with Crippen LogP contribution in [-0.2, 0) is 11.2 Å². The highest BCUT2D eigenvalue weighted by atomic mass is 16.2. The van der Waals surface area contributed by atoms with Crippen molar-refractivity contribution < 1.29 is 14.4 Å². The van der Waals surface area contributed by atoms with Crippen LogP contribution in [0.3, 0.4) is 0 Å². The van der Waals surface area contributed by atoms with Crippen LogP contribution in [0.1, 0.15) is 50.6 Å². The van der Waals surface area contributed by atoms with E-state index in [-0.39, 0.29) is 23.9 Å². The molecule has 0 saturated heterocycles. The summed E-state index contributed by atoms with van der Waals surface area (Å²) in [6, 6.07) is 14.7. The zero-order valence-electron chi connectivity index (χ0n) is 14.3. The predicted molar refractivity (Wildman–Crippen MR) is 97.5 cm³/mol. The van der Waals surface area contributed by atoms with E-state index in [4.69, 9.17) is 11.5 Å². The van der Waals surface area contributed by atoms with E-state index in [9.17, 15) is 14.4 Å². The van der Waals surface area contributed by atoms with E-state index in [0.29, 0.717) is 23.5 Å². The number of primary amides is 2. The van der Waals surface area contributed by atoms with E-state index in [2.05, 4.69) is 17.4 Å². The zero-order chi connectivity index (χ0) is 18.7. The topological polar surface area (TPSA) is 115 Å². The summed E-state index contributed by atoms with van der Waals surface area (Å²) in [5.74, 6) is -0.911. The minimum atomic E-state index is -0.595. The Morgan fingerprint density at radius 3 is 2.38 bits per heavy atom. The second-order valence-electron chi connectivity index (χ2n) is 6.53. The van der Waals surface area contributed by atoms with E-state index >= 15 is 0 Å². The van der Waals surface area contributed by atoms with Gasteiger partial charge in [0.05, 0.1) is 0 Å². The average molecular weight is 351 g/mol. The summed E-state index contributed by atoms with van der Waals surface area (Å²) in [6.07, 6.45) is 1.45. The van der Waals surface area contributed by atoms with Crippen LogP contribution in [0.25, 0.3) is 0 Å². The highest BCUT2D eigenvalue weighted by molar-refractivity contribution is 5.98. The summed E-state index contributed by atoms with van der Waals surface area (Å²) in [6.45, 7) is 0. The van der Waals surface area contributed by atoms with Gasteiger partial charge in [0.2, 0.25) is 17.7 Å². The Morgan fingerprint density at radius 1 is 1.00 bits per heavy atom. The summed E-state index contributed by atoms with van der Waals surface area (Å²) in [5.41, 5.74) is 13.0. The molecular weight excluding hydrogens is 330 g/mol. The number of hydrogen-bond donors (Lipinski definition) is 3. The maximum atomic E-state index is 12.2. The number of carbonyl (C=O) groups excluding carboxylic acids is 3. The number of carbonyl (C=O) groups is 3. The third kappa shape index (κ3) is 4.08. The van der Waals surface area contributed by atoms with Crippen molar-refractivity contribution in [1.82, 2.24) is 5.32 Å². The molecule has 5 N–H and O–H groups in total. The molecule has 0 unspecified atom stereocenters. The van der Waals surface area contributed by atoms with Crippen molar-refractivity contribution in [2.75, 3.05) is 0 Å². The highest BCUT2D eigenvalue weighted by Gasteiger charge is 2.39. The molecule has 2 aromatic rings. The fraction of sp³-hybridized carbons (Fsp3) is 0.250. The molecule has 6 nitrogen and oxygen atoms in total. The van der Waals surface area contributed by atoms with Crippen molar-refractivity contribution in [2.24, 2.45) is 11.5 Å². The average Bonchev–Trinajstić information content (AvgIpc) is 3.39. The van der Waals surface area contributed by atoms with Crippen molar-refractivity contribution in [2.45, 2.75) is 31.2 Å². The number of amides is 3. The van der Waals surface area contributed by atoms with Gasteiger partial charge in [-0.15, -0.1) is 0 Å². The lowest BCUT2D eigenvalue weighted by atomic mass is 9.99. The quantitative estimate of drug-likeness (QED) is 0.702. The standard InChI is InChI=1S/C20H21N3O3/c21-19(25)14-6-8-15(20(22)26)13(10-14)7-9-18(24)23-17-11-16(17)12-4-2-1-3-5-12/h1-6,8,10,16-17H,7,9,11H2,(H2,21,25)(H2,22,26)(H,23,24)/t16-,17+/m1/s1. The van der Waals surface area contributed by atoms with E-state index in [0.717, 1.165) is 6.42 Å². The molecule has 2 atom stereocenters. The first-order valence-corrected chi connectivity index (χ1v) is 8.52. The number of hydrogen-bond acceptors (Lipinski definition) is 3. The Labute approximate surface area is 151 Å². The van der Waals surface area contributed by atoms with Gasteiger partial charge in [-0.1, -0.05) is 30.3 Å². The number of nitrogens with two attached hydrogens (primary N) is 2. The normalized spacial score (nSPS) is 18.2. The third-order valence-electron chi connectivity index (χ3n) is 4.64. The summed E-state index contributed by atoms with van der Waals surface area (Å²) < 4.78 is 0. The third-order valence-corrected chi connectivity index (χ3v) is 4.64. The Balaban J connectivity index is 1.59. The maximum absolute atomic E-state index is 12.2. The fourth-order valence-corrected chi connectivity index (χ4v) is 3.14. The molecule has 1 saturated carbocycles. The molecule has 0 bridgehead atoms. The van der Waals surface area contributed by atoms with Crippen molar-refractivity contribution in [1.29, 1.82) is 0 Å². The van der Waals surface area contributed by atoms with Gasteiger partial charge in [0.25, 0.3) is 0 Å². The number of nitrogens with one attached hydrogen (secondary N) is 1. The van der Waals surface area contributed by atoms with Gasteiger partial charge in [0.1, 0.15) is 0 Å². The molecule has 6 heteroatoms. The zero-order valence-corrected chi connectivity index (χ0v) is 14.3. The van der Waals surface area contributed by atoms with Gasteiger partial charge in [-0.3, -0.25) is 14.4 Å². The molecule has 1 aliphatic carbocycles. The molecule has 0 radical (unpaired) electrons. The molecule has 0 aromatic heterocycles. The second kappa shape index (κ2) is 7.39. The van der Waals surface area contributed by atoms with Crippen molar-refractivity contribution >= 4 is 17.7 Å². The Morgan fingerprint density at radius 2 is 1.73 bits per heavy atom. The first kappa shape index (κ1) is 17.7. The Kier molecular flexibility index (Phi) is 5.02. The van der Waals surface area contributed by atoms with Gasteiger partial charge in [-0.25, -0.2) is 0 Å². The maximum Gasteiger partial charge on any atom is 0.248 e. The monoisotopic (exact) mass is 351 g/mol. The summed E-state index contributed by atoms with van der Waals surface area (Å²) in [7, 11) is 0. The minimum absolute atomic E-state index is 0.0895. The van der Waals surface area contributed by atoms with Gasteiger partial charge in [0, 0.05) is 29.5 Å². The Hall–Kier alpha value is -3.15. The van der Waals surface area contributed by atoms with Gasteiger partial charge in [-0.05, 0) is 42.2 Å². The minimum Gasteiger partial charge on any atom is -0.366 e. The SMILES string of the molecule is NC(=O)c1ccc(C(N)=O)c(CCC(=O)N[C@H]2C[C@@H]2c2ccccc2)c1. The van der Waals surface area contributed by atoms with Gasteiger partial charge >= 0.3 is 0 Å². The van der Waals surface area contributed by atoms with Crippen LogP contribution in [0, 0.1) is 0 Å². The van der Waals surface area contributed by atoms with Crippen LogP contribution in [0.4, 0.5) is 0 Å². The van der Waals surface area contributed by atoms with Crippen LogP contribution in [0.5, 0.6) is 0 Å². The molecule has 3 rings (SSSR count). The first-order chi connectivity index (χ1) is 12.5. The molecular formula is C20H21N3O3. The van der Waals surface area contributed by atoms with Gasteiger partial charge < -0.3 is 16.8 Å². The molecule has 3 amide bonds. The lowest BCUT2D eigenvalue weighted by Gasteiger charge is -2.09. The van der Waals surface area contributed by atoms with E-state index in [1.165, 1.54) is 23.8 Å². The highest BCUT2D eigenvalue weighted by Crippen LogP contribution is 2.40. The lowest BCUT2D eigenvalue weighted by Crippen LogP contribution is -2.27. The van der Waals surface area contributed by atoms with Crippen LogP contribution in [-0.4, -0.2) is 23.8 Å². The molecule has 0 heterocycles. The van der Waals surface area contributed by atoms with Crippen LogP contribution in [0.15, 0.2) is 48.5 Å². The van der Waals surface area contributed by atoms with Crippen molar-refractivity contribution in [3.05, 3.63) is 70.8 Å². The van der Waals surface area contributed by atoms with E-state index in [1.54, 1.807) is 0 Å². The van der Waals surface area contributed by atoms with Crippen LogP contribution in [0.2, 0.25) is 0 Å².